The Labute approximate surface area is 175 Å². The smallest absolute Gasteiger partial charge is 0.310 e. The first kappa shape index (κ1) is 24.9. The van der Waals surface area contributed by atoms with Gasteiger partial charge in [0.05, 0.1) is 25.0 Å². The summed E-state index contributed by atoms with van der Waals surface area (Å²) in [4.78, 5) is 30.7. The quantitative estimate of drug-likeness (QED) is 0.267. The molecule has 1 aromatic heterocycles. The maximum absolute atomic E-state index is 11.6. The second kappa shape index (κ2) is 13.2. The molecule has 10 heteroatoms. The highest BCUT2D eigenvalue weighted by atomic mass is 16.7. The van der Waals surface area contributed by atoms with Gasteiger partial charge in [-0.1, -0.05) is 26.0 Å². The predicted octanol–water partition coefficient (Wildman–Crippen LogP) is 2.75. The van der Waals surface area contributed by atoms with E-state index >= 15 is 0 Å². The molecule has 0 spiro atoms. The van der Waals surface area contributed by atoms with Crippen LogP contribution in [0.2, 0.25) is 0 Å². The fourth-order valence-corrected chi connectivity index (χ4v) is 2.40. The summed E-state index contributed by atoms with van der Waals surface area (Å²) in [6, 6.07) is 6.18. The van der Waals surface area contributed by atoms with Gasteiger partial charge in [-0.15, -0.1) is 0 Å². The molecule has 0 aliphatic heterocycles. The number of benzene rings is 1. The van der Waals surface area contributed by atoms with E-state index in [9.17, 15) is 14.9 Å². The number of nitro groups is 1. The van der Waals surface area contributed by atoms with Crippen molar-refractivity contribution in [2.45, 2.75) is 33.0 Å². The van der Waals surface area contributed by atoms with E-state index in [4.69, 9.17) is 14.2 Å². The third-order valence-corrected chi connectivity index (χ3v) is 3.95. The zero-order valence-electron chi connectivity index (χ0n) is 17.9. The summed E-state index contributed by atoms with van der Waals surface area (Å²) in [5.41, 5.74) is 1.42. The Balaban J connectivity index is 0.00000218. The van der Waals surface area contributed by atoms with Crippen LogP contribution in [0.5, 0.6) is 0 Å². The first-order chi connectivity index (χ1) is 14.5. The summed E-state index contributed by atoms with van der Waals surface area (Å²) in [5.74, 6) is 0.553. The summed E-state index contributed by atoms with van der Waals surface area (Å²) >= 11 is 0. The molecule has 2 aromatic rings. The molecule has 0 amide bonds. The van der Waals surface area contributed by atoms with E-state index in [2.05, 4.69) is 15.3 Å². The Morgan fingerprint density at radius 1 is 1.17 bits per heavy atom. The number of carbonyl (C=O) groups excluding carboxylic acids is 1. The molecule has 0 unspecified atom stereocenters. The van der Waals surface area contributed by atoms with Gasteiger partial charge in [0.15, 0.2) is 6.29 Å². The summed E-state index contributed by atoms with van der Waals surface area (Å²) in [5, 5.41) is 13.9. The molecule has 0 aliphatic carbocycles. The van der Waals surface area contributed by atoms with Gasteiger partial charge in [-0.3, -0.25) is 14.9 Å². The Hall–Kier alpha value is -3.11. The topological polar surface area (TPSA) is 126 Å². The number of hydrogen-bond donors (Lipinski definition) is 1. The van der Waals surface area contributed by atoms with Gasteiger partial charge in [-0.25, -0.2) is 9.97 Å². The lowest BCUT2D eigenvalue weighted by Gasteiger charge is -2.16. The van der Waals surface area contributed by atoms with Gasteiger partial charge in [0.25, 0.3) is 5.69 Å². The maximum Gasteiger partial charge on any atom is 0.310 e. The van der Waals surface area contributed by atoms with Crippen LogP contribution in [0.4, 0.5) is 11.5 Å². The number of ether oxygens (including phenoxy) is 3. The van der Waals surface area contributed by atoms with Gasteiger partial charge in [-0.05, 0) is 5.56 Å². The van der Waals surface area contributed by atoms with Crippen molar-refractivity contribution in [3.05, 3.63) is 57.5 Å². The SMILES string of the molecule is CC.COC(=O)Cc1cnc(Cc2ccc([N+](=O)[O-])cc2)nc1NCC(OC)OC. The molecule has 1 aromatic carbocycles. The molecule has 164 valence electrons. The molecule has 0 radical (unpaired) electrons. The van der Waals surface area contributed by atoms with Crippen LogP contribution in [0.3, 0.4) is 0 Å². The van der Waals surface area contributed by atoms with Gasteiger partial charge in [-0.2, -0.15) is 0 Å². The summed E-state index contributed by atoms with van der Waals surface area (Å²) in [6.07, 6.45) is 1.46. The standard InChI is InChI=1S/C18H22N4O6.C2H6/c1-26-16(23)9-13-10-19-15(21-18(13)20-11-17(27-2)28-3)8-12-4-6-14(7-5-12)22(24)25;1-2/h4-7,10,17H,8-9,11H2,1-3H3,(H,19,20,21);1-2H3. The van der Waals surface area contributed by atoms with Crippen molar-refractivity contribution in [3.63, 3.8) is 0 Å². The van der Waals surface area contributed by atoms with Crippen LogP contribution in [0.15, 0.2) is 30.5 Å². The number of carbonyl (C=O) groups is 1. The molecule has 1 N–H and O–H groups in total. The van der Waals surface area contributed by atoms with Crippen LogP contribution in [-0.2, 0) is 31.8 Å². The number of nitro benzene ring substituents is 1. The van der Waals surface area contributed by atoms with Crippen LogP contribution in [-0.4, -0.2) is 55.0 Å². The number of anilines is 1. The van der Waals surface area contributed by atoms with Crippen molar-refractivity contribution in [2.24, 2.45) is 0 Å². The lowest BCUT2D eigenvalue weighted by atomic mass is 10.1. The van der Waals surface area contributed by atoms with E-state index < -0.39 is 17.2 Å². The van der Waals surface area contributed by atoms with E-state index in [0.717, 1.165) is 5.56 Å². The molecule has 2 rings (SSSR count). The molecule has 0 saturated carbocycles. The molecule has 1 heterocycles. The molecule has 0 bridgehead atoms. The average molecular weight is 420 g/mol. The van der Waals surface area contributed by atoms with Crippen LogP contribution < -0.4 is 5.32 Å². The normalized spacial score (nSPS) is 10.2. The minimum Gasteiger partial charge on any atom is -0.469 e. The van der Waals surface area contributed by atoms with E-state index in [-0.39, 0.29) is 12.1 Å². The van der Waals surface area contributed by atoms with Gasteiger partial charge in [0.2, 0.25) is 0 Å². The van der Waals surface area contributed by atoms with Crippen molar-refractivity contribution < 1.29 is 23.9 Å². The monoisotopic (exact) mass is 420 g/mol. The second-order valence-electron chi connectivity index (χ2n) is 5.80. The molecule has 30 heavy (non-hydrogen) atoms. The van der Waals surface area contributed by atoms with Gasteiger partial charge in [0.1, 0.15) is 11.6 Å². The number of esters is 1. The highest BCUT2D eigenvalue weighted by Crippen LogP contribution is 2.17. The fourth-order valence-electron chi connectivity index (χ4n) is 2.40. The number of nitrogens with one attached hydrogen (secondary N) is 1. The molecule has 0 saturated heterocycles. The zero-order chi connectivity index (χ0) is 22.5. The number of non-ortho nitro benzene ring substituents is 1. The molecule has 0 aliphatic rings. The summed E-state index contributed by atoms with van der Waals surface area (Å²) in [7, 11) is 4.35. The first-order valence-corrected chi connectivity index (χ1v) is 9.41. The van der Waals surface area contributed by atoms with Crippen molar-refractivity contribution in [3.8, 4) is 0 Å². The van der Waals surface area contributed by atoms with Crippen molar-refractivity contribution in [1.29, 1.82) is 0 Å². The third-order valence-electron chi connectivity index (χ3n) is 3.95. The Kier molecular flexibility index (Phi) is 10.9. The van der Waals surface area contributed by atoms with Crippen LogP contribution in [0.1, 0.15) is 30.8 Å². The molecule has 0 atom stereocenters. The van der Waals surface area contributed by atoms with Crippen molar-refractivity contribution in [2.75, 3.05) is 33.2 Å². The number of methoxy groups -OCH3 is 3. The van der Waals surface area contributed by atoms with Crippen molar-refractivity contribution >= 4 is 17.5 Å². The number of rotatable bonds is 10. The van der Waals surface area contributed by atoms with E-state index in [1.165, 1.54) is 33.5 Å². The van der Waals surface area contributed by atoms with Crippen LogP contribution in [0, 0.1) is 10.1 Å². The molecular formula is C20H28N4O6. The Morgan fingerprint density at radius 3 is 2.33 bits per heavy atom. The van der Waals surface area contributed by atoms with Crippen LogP contribution in [0.25, 0.3) is 0 Å². The number of nitrogens with zero attached hydrogens (tertiary/aromatic N) is 3. The van der Waals surface area contributed by atoms with Crippen LogP contribution >= 0.6 is 0 Å². The molecule has 0 fully saturated rings. The van der Waals surface area contributed by atoms with E-state index in [0.29, 0.717) is 30.2 Å². The predicted molar refractivity (Wildman–Crippen MR) is 111 cm³/mol. The lowest BCUT2D eigenvalue weighted by Crippen LogP contribution is -2.25. The maximum atomic E-state index is 11.6. The zero-order valence-corrected chi connectivity index (χ0v) is 17.9. The first-order valence-electron chi connectivity index (χ1n) is 9.41. The Morgan fingerprint density at radius 2 is 1.80 bits per heavy atom. The average Bonchev–Trinajstić information content (AvgIpc) is 2.77. The highest BCUT2D eigenvalue weighted by Gasteiger charge is 2.14. The van der Waals surface area contributed by atoms with E-state index in [1.54, 1.807) is 18.3 Å². The minimum atomic E-state index is -0.487. The van der Waals surface area contributed by atoms with Crippen molar-refractivity contribution in [1.82, 2.24) is 9.97 Å². The molecular weight excluding hydrogens is 392 g/mol. The van der Waals surface area contributed by atoms with Gasteiger partial charge in [0, 0.05) is 44.5 Å². The summed E-state index contributed by atoms with van der Waals surface area (Å²) in [6.45, 7) is 4.31. The highest BCUT2D eigenvalue weighted by molar-refractivity contribution is 5.74. The minimum absolute atomic E-state index is 0.0152. The number of aromatic nitrogens is 2. The van der Waals surface area contributed by atoms with E-state index in [1.807, 2.05) is 13.8 Å². The summed E-state index contributed by atoms with van der Waals surface area (Å²) < 4.78 is 15.0. The van der Waals surface area contributed by atoms with Gasteiger partial charge >= 0.3 is 5.97 Å². The number of hydrogen-bond acceptors (Lipinski definition) is 9. The van der Waals surface area contributed by atoms with Gasteiger partial charge < -0.3 is 19.5 Å². The second-order valence-corrected chi connectivity index (χ2v) is 5.80. The Bertz CT molecular complexity index is 809. The lowest BCUT2D eigenvalue weighted by molar-refractivity contribution is -0.384. The molecule has 10 nitrogen and oxygen atoms in total. The largest absolute Gasteiger partial charge is 0.469 e. The fraction of sp³-hybridized carbons (Fsp3) is 0.450. The third kappa shape index (κ3) is 7.72.